The molecular weight excluding hydrogens is 282 g/mol. The van der Waals surface area contributed by atoms with E-state index in [0.717, 1.165) is 13.2 Å². The Kier molecular flexibility index (Phi) is 5.79. The molecule has 0 spiro atoms. The van der Waals surface area contributed by atoms with Gasteiger partial charge in [0.25, 0.3) is 0 Å². The van der Waals surface area contributed by atoms with Crippen molar-refractivity contribution >= 4 is 13.9 Å². The van der Waals surface area contributed by atoms with E-state index in [1.54, 1.807) is 0 Å². The van der Waals surface area contributed by atoms with Gasteiger partial charge in [-0.3, -0.25) is 0 Å². The third-order valence-corrected chi connectivity index (χ3v) is 4.78. The van der Waals surface area contributed by atoms with Gasteiger partial charge in [-0.05, 0) is 0 Å². The summed E-state index contributed by atoms with van der Waals surface area (Å²) in [5.41, 5.74) is 0. The average molecular weight is 293 g/mol. The van der Waals surface area contributed by atoms with Crippen molar-refractivity contribution in [2.75, 3.05) is 13.2 Å². The van der Waals surface area contributed by atoms with Gasteiger partial charge >= 0.3 is 48.3 Å². The number of halogens is 1. The molecule has 0 aromatic rings. The largest absolute Gasteiger partial charge is 1.00 e. The monoisotopic (exact) mass is 294 g/mol. The van der Waals surface area contributed by atoms with Gasteiger partial charge in [-0.2, -0.15) is 0 Å². The molecule has 1 nitrogen and oxygen atoms in total. The van der Waals surface area contributed by atoms with Crippen molar-refractivity contribution in [3.63, 3.8) is 0 Å². The minimum atomic E-state index is -0.106. The molecule has 0 aromatic heterocycles. The third kappa shape index (κ3) is 3.28. The first-order valence-corrected chi connectivity index (χ1v) is 6.70. The molecule has 1 rings (SSSR count). The molecule has 1 saturated heterocycles. The number of rotatable bonds is 0. The zero-order valence-corrected chi connectivity index (χ0v) is 8.89. The van der Waals surface area contributed by atoms with E-state index in [4.69, 9.17) is 4.74 Å². The van der Waals surface area contributed by atoms with Gasteiger partial charge in [0.2, 0.25) is 0 Å². The maximum Gasteiger partial charge on any atom is -1.00 e. The van der Waals surface area contributed by atoms with Crippen LogP contribution >= 0.6 is 0 Å². The molecule has 1 fully saturated rings. The fourth-order valence-corrected chi connectivity index (χ4v) is 2.72. The van der Waals surface area contributed by atoms with E-state index in [1.165, 1.54) is 10.6 Å². The van der Waals surface area contributed by atoms with Gasteiger partial charge in [-0.1, -0.05) is 0 Å². The molecule has 1 aliphatic heterocycles. The van der Waals surface area contributed by atoms with Crippen molar-refractivity contribution in [3.05, 3.63) is 0 Å². The maximum atomic E-state index is 5.17. The molecule has 0 aliphatic carbocycles. The van der Waals surface area contributed by atoms with Crippen LogP contribution in [0.5, 0.6) is 0 Å². The molecule has 1 aliphatic rings. The Labute approximate surface area is 72.1 Å². The summed E-state index contributed by atoms with van der Waals surface area (Å²) >= 11 is -0.106. The van der Waals surface area contributed by atoms with Gasteiger partial charge in [0.05, 0.1) is 0 Å². The fourth-order valence-electron chi connectivity index (χ4n) is 0.606. The molecular formula is C5H11IOSe. The normalized spacial score (nSPS) is 22.1. The first-order valence-electron chi connectivity index (χ1n) is 2.56. The van der Waals surface area contributed by atoms with E-state index in [9.17, 15) is 0 Å². The van der Waals surface area contributed by atoms with E-state index in [2.05, 4.69) is 5.82 Å². The van der Waals surface area contributed by atoms with Crippen LogP contribution in [0.1, 0.15) is 0 Å². The number of ether oxygens (including phenoxy) is 1. The first kappa shape index (κ1) is 9.21. The third-order valence-electron chi connectivity index (χ3n) is 1.15. The fraction of sp³-hybridized carbons (Fsp3) is 1.00. The van der Waals surface area contributed by atoms with Gasteiger partial charge in [-0.25, -0.2) is 0 Å². The second kappa shape index (κ2) is 5.03. The standard InChI is InChI=1S/C5H11OSe.HI/c1-7-4-2-6-3-5-7;/h2-5H2,1H3;1H/q+1;/p-1. The zero-order valence-electron chi connectivity index (χ0n) is 5.02. The Morgan fingerprint density at radius 2 is 1.75 bits per heavy atom. The summed E-state index contributed by atoms with van der Waals surface area (Å²) in [5.74, 6) is 2.41. The van der Waals surface area contributed by atoms with E-state index >= 15 is 0 Å². The summed E-state index contributed by atoms with van der Waals surface area (Å²) in [6, 6.07) is 0. The van der Waals surface area contributed by atoms with Crippen molar-refractivity contribution in [2.24, 2.45) is 0 Å². The molecule has 0 radical (unpaired) electrons. The number of hydrogen-bond acceptors (Lipinski definition) is 1. The summed E-state index contributed by atoms with van der Waals surface area (Å²) in [6.07, 6.45) is 0. The molecule has 0 unspecified atom stereocenters. The summed E-state index contributed by atoms with van der Waals surface area (Å²) in [4.78, 5) is 0. The molecule has 0 aromatic carbocycles. The molecule has 3 heteroatoms. The van der Waals surface area contributed by atoms with Gasteiger partial charge in [0.15, 0.2) is 0 Å². The van der Waals surface area contributed by atoms with Crippen molar-refractivity contribution in [1.29, 1.82) is 0 Å². The van der Waals surface area contributed by atoms with Crippen molar-refractivity contribution < 1.29 is 28.7 Å². The van der Waals surface area contributed by atoms with E-state index < -0.39 is 0 Å². The molecule has 0 saturated carbocycles. The van der Waals surface area contributed by atoms with Crippen LogP contribution in [0.15, 0.2) is 0 Å². The average Bonchev–Trinajstić information content (AvgIpc) is 1.69. The van der Waals surface area contributed by atoms with Crippen LogP contribution in [0, 0.1) is 0 Å². The molecule has 50 valence electrons. The van der Waals surface area contributed by atoms with E-state index in [1.807, 2.05) is 0 Å². The quantitative estimate of drug-likeness (QED) is 0.376. The molecule has 0 N–H and O–H groups in total. The van der Waals surface area contributed by atoms with E-state index in [0.29, 0.717) is 0 Å². The van der Waals surface area contributed by atoms with Gasteiger partial charge in [-0.15, -0.1) is 0 Å². The van der Waals surface area contributed by atoms with Gasteiger partial charge in [0, 0.05) is 0 Å². The van der Waals surface area contributed by atoms with Crippen molar-refractivity contribution in [1.82, 2.24) is 0 Å². The predicted molar refractivity (Wildman–Crippen MR) is 32.1 cm³/mol. The van der Waals surface area contributed by atoms with Crippen LogP contribution < -0.4 is 24.0 Å². The van der Waals surface area contributed by atoms with Gasteiger partial charge < -0.3 is 24.0 Å². The molecule has 8 heavy (non-hydrogen) atoms. The summed E-state index contributed by atoms with van der Waals surface area (Å²) in [6.45, 7) is 2.09. The second-order valence-electron chi connectivity index (χ2n) is 1.80. The maximum absolute atomic E-state index is 5.17. The van der Waals surface area contributed by atoms with Gasteiger partial charge in [0.1, 0.15) is 0 Å². The number of hydrogen-bond donors (Lipinski definition) is 0. The SMILES string of the molecule is C[Se+]1CCOCC1.[I-]. The molecule has 1 heterocycles. The van der Waals surface area contributed by atoms with Crippen LogP contribution in [0.25, 0.3) is 0 Å². The second-order valence-corrected chi connectivity index (χ2v) is 6.79. The molecule has 0 bridgehead atoms. The zero-order chi connectivity index (χ0) is 5.11. The van der Waals surface area contributed by atoms with Crippen LogP contribution in [0.4, 0.5) is 0 Å². The van der Waals surface area contributed by atoms with Crippen LogP contribution in [0.2, 0.25) is 16.5 Å². The summed E-state index contributed by atoms with van der Waals surface area (Å²) in [5, 5.41) is 2.78. The Morgan fingerprint density at radius 3 is 2.00 bits per heavy atom. The van der Waals surface area contributed by atoms with Crippen molar-refractivity contribution in [3.8, 4) is 0 Å². The Morgan fingerprint density at radius 1 is 1.25 bits per heavy atom. The first-order chi connectivity index (χ1) is 3.39. The smallest absolute Gasteiger partial charge is 1.00 e. The Balaban J connectivity index is 0.000000490. The Bertz CT molecular complexity index is 54.4. The van der Waals surface area contributed by atoms with Crippen LogP contribution in [-0.4, -0.2) is 27.1 Å². The Hall–Kier alpha value is 1.21. The van der Waals surface area contributed by atoms with Crippen LogP contribution in [-0.2, 0) is 4.74 Å². The summed E-state index contributed by atoms with van der Waals surface area (Å²) < 4.78 is 5.17. The summed E-state index contributed by atoms with van der Waals surface area (Å²) in [7, 11) is 0. The van der Waals surface area contributed by atoms with Crippen molar-refractivity contribution in [2.45, 2.75) is 16.5 Å². The predicted octanol–water partition coefficient (Wildman–Crippen LogP) is -1.85. The van der Waals surface area contributed by atoms with Crippen LogP contribution in [0.3, 0.4) is 0 Å². The molecule has 0 atom stereocenters. The minimum Gasteiger partial charge on any atom is -1.00 e. The molecule has 0 amide bonds. The topological polar surface area (TPSA) is 9.23 Å². The van der Waals surface area contributed by atoms with E-state index in [-0.39, 0.29) is 37.9 Å². The minimum absolute atomic E-state index is 0.